The molecule has 1 rings (SSSR count). The molecule has 0 aliphatic heterocycles. The number of rotatable bonds is 4. The number of aliphatic imine (C=N–C) groups is 1. The molecule has 0 aliphatic rings. The van der Waals surface area contributed by atoms with E-state index in [1.54, 1.807) is 12.1 Å². The van der Waals surface area contributed by atoms with Crippen molar-refractivity contribution in [2.45, 2.75) is 19.9 Å². The minimum Gasteiger partial charge on any atom is -0.370 e. The van der Waals surface area contributed by atoms with Crippen molar-refractivity contribution in [1.29, 1.82) is 0 Å². The predicted octanol–water partition coefficient (Wildman–Crippen LogP) is 2.81. The molecule has 88 valence electrons. The molecular weight excluding hydrogens is 245 g/mol. The number of benzene rings is 1. The lowest BCUT2D eigenvalue weighted by Crippen LogP contribution is -2.32. The number of nitrogens with two attached hydrogens (primary N) is 1. The highest BCUT2D eigenvalue weighted by Crippen LogP contribution is 2.21. The van der Waals surface area contributed by atoms with Gasteiger partial charge in [0.25, 0.3) is 0 Å². The summed E-state index contributed by atoms with van der Waals surface area (Å²) < 4.78 is 0. The van der Waals surface area contributed by atoms with Crippen LogP contribution in [0, 0.1) is 0 Å². The Balaban J connectivity index is 2.60. The van der Waals surface area contributed by atoms with Crippen LogP contribution in [0.2, 0.25) is 10.0 Å². The summed E-state index contributed by atoms with van der Waals surface area (Å²) in [6, 6.07) is 5.33. The van der Waals surface area contributed by atoms with Gasteiger partial charge in [0.05, 0.1) is 6.54 Å². The van der Waals surface area contributed by atoms with Crippen molar-refractivity contribution < 1.29 is 0 Å². The Hall–Kier alpha value is -0.930. The summed E-state index contributed by atoms with van der Waals surface area (Å²) in [6.07, 6.45) is 1.01. The Labute approximate surface area is 106 Å². The quantitative estimate of drug-likeness (QED) is 0.646. The Morgan fingerprint density at radius 1 is 1.44 bits per heavy atom. The lowest BCUT2D eigenvalue weighted by molar-refractivity contribution is 0.825. The van der Waals surface area contributed by atoms with Gasteiger partial charge in [-0.25, -0.2) is 4.99 Å². The van der Waals surface area contributed by atoms with Gasteiger partial charge in [-0.05, 0) is 24.1 Å². The highest BCUT2D eigenvalue weighted by molar-refractivity contribution is 6.35. The number of halogens is 2. The van der Waals surface area contributed by atoms with Crippen molar-refractivity contribution in [3.63, 3.8) is 0 Å². The van der Waals surface area contributed by atoms with E-state index in [1.807, 2.05) is 6.07 Å². The predicted molar refractivity (Wildman–Crippen MR) is 70.1 cm³/mol. The molecule has 0 spiro atoms. The van der Waals surface area contributed by atoms with Crippen LogP contribution in [-0.2, 0) is 6.54 Å². The fraction of sp³-hybridized carbons (Fsp3) is 0.364. The zero-order chi connectivity index (χ0) is 12.0. The Morgan fingerprint density at radius 2 is 2.19 bits per heavy atom. The van der Waals surface area contributed by atoms with Crippen molar-refractivity contribution in [2.24, 2.45) is 10.7 Å². The molecule has 0 aromatic heterocycles. The lowest BCUT2D eigenvalue weighted by atomic mass is 10.2. The molecule has 1 aromatic carbocycles. The van der Waals surface area contributed by atoms with Crippen LogP contribution in [0.4, 0.5) is 0 Å². The van der Waals surface area contributed by atoms with E-state index < -0.39 is 0 Å². The summed E-state index contributed by atoms with van der Waals surface area (Å²) in [6.45, 7) is 3.35. The number of nitrogens with zero attached hydrogens (tertiary/aromatic N) is 1. The molecule has 0 saturated heterocycles. The highest BCUT2D eigenvalue weighted by Gasteiger charge is 2.00. The minimum atomic E-state index is 0.438. The van der Waals surface area contributed by atoms with Crippen molar-refractivity contribution in [2.75, 3.05) is 6.54 Å². The van der Waals surface area contributed by atoms with E-state index in [-0.39, 0.29) is 0 Å². The first-order chi connectivity index (χ1) is 7.63. The summed E-state index contributed by atoms with van der Waals surface area (Å²) in [5.74, 6) is 0.438. The average molecular weight is 260 g/mol. The lowest BCUT2D eigenvalue weighted by Gasteiger charge is -2.04. The van der Waals surface area contributed by atoms with Gasteiger partial charge in [-0.2, -0.15) is 0 Å². The maximum Gasteiger partial charge on any atom is 0.188 e. The Bertz CT molecular complexity index is 377. The largest absolute Gasteiger partial charge is 0.370 e. The summed E-state index contributed by atoms with van der Waals surface area (Å²) >= 11 is 11.8. The summed E-state index contributed by atoms with van der Waals surface area (Å²) in [5, 5.41) is 4.22. The van der Waals surface area contributed by atoms with Gasteiger partial charge in [0.1, 0.15) is 0 Å². The fourth-order valence-electron chi connectivity index (χ4n) is 1.13. The summed E-state index contributed by atoms with van der Waals surface area (Å²) in [5.41, 5.74) is 6.57. The van der Waals surface area contributed by atoms with E-state index in [9.17, 15) is 0 Å². The normalized spacial score (nSPS) is 11.6. The van der Waals surface area contributed by atoms with E-state index in [1.165, 1.54) is 0 Å². The van der Waals surface area contributed by atoms with Crippen molar-refractivity contribution >= 4 is 29.2 Å². The van der Waals surface area contributed by atoms with E-state index >= 15 is 0 Å². The summed E-state index contributed by atoms with van der Waals surface area (Å²) in [7, 11) is 0. The van der Waals surface area contributed by atoms with Gasteiger partial charge in [0.15, 0.2) is 5.96 Å². The monoisotopic (exact) mass is 259 g/mol. The molecule has 1 aromatic rings. The number of hydrogen-bond acceptors (Lipinski definition) is 1. The van der Waals surface area contributed by atoms with Crippen LogP contribution >= 0.6 is 23.2 Å². The van der Waals surface area contributed by atoms with Gasteiger partial charge < -0.3 is 11.1 Å². The van der Waals surface area contributed by atoms with Crippen LogP contribution in [0.3, 0.4) is 0 Å². The zero-order valence-electron chi connectivity index (χ0n) is 9.13. The zero-order valence-corrected chi connectivity index (χ0v) is 10.6. The first-order valence-electron chi connectivity index (χ1n) is 5.11. The van der Waals surface area contributed by atoms with Gasteiger partial charge in [-0.1, -0.05) is 36.2 Å². The first kappa shape index (κ1) is 13.1. The highest BCUT2D eigenvalue weighted by atomic mass is 35.5. The topological polar surface area (TPSA) is 50.4 Å². The molecule has 0 atom stereocenters. The Morgan fingerprint density at radius 3 is 2.81 bits per heavy atom. The van der Waals surface area contributed by atoms with Gasteiger partial charge in [0, 0.05) is 16.6 Å². The third-order valence-corrected chi connectivity index (χ3v) is 2.58. The van der Waals surface area contributed by atoms with Crippen molar-refractivity contribution in [3.05, 3.63) is 33.8 Å². The standard InChI is InChI=1S/C11H15Cl2N3/c1-2-5-15-11(14)16-7-8-3-4-9(12)6-10(8)13/h3-4,6H,2,5,7H2,1H3,(H3,14,15,16). The van der Waals surface area contributed by atoms with E-state index in [4.69, 9.17) is 28.9 Å². The first-order valence-corrected chi connectivity index (χ1v) is 5.86. The number of guanidine groups is 1. The fourth-order valence-corrected chi connectivity index (χ4v) is 1.60. The van der Waals surface area contributed by atoms with Gasteiger partial charge in [-0.3, -0.25) is 0 Å². The van der Waals surface area contributed by atoms with Gasteiger partial charge in [0.2, 0.25) is 0 Å². The second kappa shape index (κ2) is 6.61. The molecule has 0 unspecified atom stereocenters. The molecule has 5 heteroatoms. The van der Waals surface area contributed by atoms with Crippen LogP contribution < -0.4 is 11.1 Å². The molecule has 0 aliphatic carbocycles. The van der Waals surface area contributed by atoms with Gasteiger partial charge >= 0.3 is 0 Å². The maximum atomic E-state index is 6.00. The molecule has 0 radical (unpaired) electrons. The average Bonchev–Trinajstić information content (AvgIpc) is 2.25. The van der Waals surface area contributed by atoms with E-state index in [2.05, 4.69) is 17.2 Å². The van der Waals surface area contributed by atoms with Crippen LogP contribution in [0.25, 0.3) is 0 Å². The molecule has 0 heterocycles. The Kier molecular flexibility index (Phi) is 5.43. The number of nitrogens with one attached hydrogen (secondary N) is 1. The molecular formula is C11H15Cl2N3. The van der Waals surface area contributed by atoms with Crippen LogP contribution in [0.5, 0.6) is 0 Å². The molecule has 16 heavy (non-hydrogen) atoms. The van der Waals surface area contributed by atoms with Crippen LogP contribution in [0.1, 0.15) is 18.9 Å². The minimum absolute atomic E-state index is 0.438. The van der Waals surface area contributed by atoms with Crippen LogP contribution in [0.15, 0.2) is 23.2 Å². The molecule has 0 fully saturated rings. The second-order valence-corrected chi connectivity index (χ2v) is 4.21. The van der Waals surface area contributed by atoms with E-state index in [0.29, 0.717) is 22.5 Å². The van der Waals surface area contributed by atoms with Gasteiger partial charge in [-0.15, -0.1) is 0 Å². The van der Waals surface area contributed by atoms with Crippen molar-refractivity contribution in [3.8, 4) is 0 Å². The SMILES string of the molecule is CCCNC(N)=NCc1ccc(Cl)cc1Cl. The summed E-state index contributed by atoms with van der Waals surface area (Å²) in [4.78, 5) is 4.18. The third kappa shape index (κ3) is 4.29. The molecule has 0 saturated carbocycles. The number of hydrogen-bond donors (Lipinski definition) is 2. The molecule has 3 nitrogen and oxygen atoms in total. The van der Waals surface area contributed by atoms with E-state index in [0.717, 1.165) is 18.5 Å². The molecule has 0 bridgehead atoms. The van der Waals surface area contributed by atoms with Crippen LogP contribution in [-0.4, -0.2) is 12.5 Å². The smallest absolute Gasteiger partial charge is 0.188 e. The van der Waals surface area contributed by atoms with Crippen molar-refractivity contribution in [1.82, 2.24) is 5.32 Å². The third-order valence-electron chi connectivity index (χ3n) is 1.99. The maximum absolute atomic E-state index is 6.00. The molecule has 3 N–H and O–H groups in total. The second-order valence-electron chi connectivity index (χ2n) is 3.36. The molecule has 0 amide bonds.